The van der Waals surface area contributed by atoms with E-state index < -0.39 is 0 Å². The van der Waals surface area contributed by atoms with Crippen LogP contribution in [0.4, 0.5) is 11.8 Å². The summed E-state index contributed by atoms with van der Waals surface area (Å²) in [7, 11) is 0. The van der Waals surface area contributed by atoms with Crippen LogP contribution in [-0.2, 0) is 0 Å². The van der Waals surface area contributed by atoms with E-state index in [4.69, 9.17) is 4.98 Å². The first-order chi connectivity index (χ1) is 11.8. The maximum atomic E-state index is 9.73. The second-order valence-corrected chi connectivity index (χ2v) is 7.42. The van der Waals surface area contributed by atoms with Gasteiger partial charge in [0.2, 0.25) is 5.95 Å². The molecule has 0 spiro atoms. The lowest BCUT2D eigenvalue weighted by molar-refractivity contribution is 0.141. The van der Waals surface area contributed by atoms with Crippen molar-refractivity contribution < 1.29 is 5.11 Å². The van der Waals surface area contributed by atoms with E-state index in [1.54, 1.807) is 0 Å². The van der Waals surface area contributed by atoms with Gasteiger partial charge in [-0.25, -0.2) is 4.98 Å². The van der Waals surface area contributed by atoms with E-state index in [0.717, 1.165) is 43.9 Å². The number of hydrogen-bond donors (Lipinski definition) is 1. The molecule has 6 nitrogen and oxygen atoms in total. The third-order valence-electron chi connectivity index (χ3n) is 5.77. The molecule has 0 saturated carbocycles. The Morgan fingerprint density at radius 3 is 2.38 bits per heavy atom. The number of anilines is 2. The number of aliphatic hydroxyl groups excluding tert-OH is 1. The molecule has 0 aromatic carbocycles. The van der Waals surface area contributed by atoms with E-state index in [-0.39, 0.29) is 6.10 Å². The molecule has 1 aromatic heterocycles. The Morgan fingerprint density at radius 2 is 1.67 bits per heavy atom. The van der Waals surface area contributed by atoms with Crippen LogP contribution in [0.2, 0.25) is 0 Å². The third kappa shape index (κ3) is 3.49. The number of piperidine rings is 2. The zero-order valence-electron chi connectivity index (χ0n) is 14.5. The van der Waals surface area contributed by atoms with Gasteiger partial charge in [-0.3, -0.25) is 0 Å². The molecule has 3 fully saturated rings. The van der Waals surface area contributed by atoms with Gasteiger partial charge in [0.15, 0.2) is 0 Å². The molecule has 0 bridgehead atoms. The molecule has 24 heavy (non-hydrogen) atoms. The molecule has 3 aliphatic heterocycles. The zero-order valence-corrected chi connectivity index (χ0v) is 14.5. The average molecular weight is 331 g/mol. The molecule has 0 radical (unpaired) electrons. The minimum absolute atomic E-state index is 0.219. The van der Waals surface area contributed by atoms with E-state index in [0.29, 0.717) is 6.54 Å². The van der Waals surface area contributed by atoms with Gasteiger partial charge in [-0.05, 0) is 51.3 Å². The maximum Gasteiger partial charge on any atom is 0.227 e. The van der Waals surface area contributed by atoms with Crippen molar-refractivity contribution in [1.29, 1.82) is 0 Å². The summed E-state index contributed by atoms with van der Waals surface area (Å²) in [5.74, 6) is 1.81. The van der Waals surface area contributed by atoms with Crippen LogP contribution in [0.5, 0.6) is 0 Å². The largest absolute Gasteiger partial charge is 0.391 e. The second-order valence-electron chi connectivity index (χ2n) is 7.42. The fourth-order valence-corrected chi connectivity index (χ4v) is 4.33. The fraction of sp³-hybridized carbons (Fsp3) is 0.778. The van der Waals surface area contributed by atoms with Crippen LogP contribution in [0.3, 0.4) is 0 Å². The van der Waals surface area contributed by atoms with E-state index >= 15 is 0 Å². The summed E-state index contributed by atoms with van der Waals surface area (Å²) in [6.07, 6.45) is 9.05. The number of rotatable bonds is 3. The van der Waals surface area contributed by atoms with Crippen LogP contribution in [0.15, 0.2) is 12.3 Å². The van der Waals surface area contributed by atoms with Crippen molar-refractivity contribution in [2.45, 2.75) is 50.7 Å². The SMILES string of the molecule is OC1CCN(c2ccnc(N3CCC(N4CCCCC4)CC3)n2)C1. The normalized spacial score (nSPS) is 27.0. The molecule has 4 heterocycles. The van der Waals surface area contributed by atoms with E-state index in [1.165, 1.54) is 45.2 Å². The first-order valence-electron chi connectivity index (χ1n) is 9.54. The van der Waals surface area contributed by atoms with Gasteiger partial charge >= 0.3 is 0 Å². The van der Waals surface area contributed by atoms with Crippen molar-refractivity contribution in [3.63, 3.8) is 0 Å². The number of β-amino-alcohol motifs (C(OH)–C–C–N with tert-alkyl or cyclic N) is 1. The van der Waals surface area contributed by atoms with Gasteiger partial charge in [-0.2, -0.15) is 4.98 Å². The molecule has 1 N–H and O–H groups in total. The van der Waals surface area contributed by atoms with Gasteiger partial charge in [-0.1, -0.05) is 6.42 Å². The number of likely N-dealkylation sites (tertiary alicyclic amines) is 1. The summed E-state index contributed by atoms with van der Waals surface area (Å²) in [5.41, 5.74) is 0. The van der Waals surface area contributed by atoms with Crippen molar-refractivity contribution in [2.24, 2.45) is 0 Å². The van der Waals surface area contributed by atoms with Crippen molar-refractivity contribution in [3.8, 4) is 0 Å². The van der Waals surface area contributed by atoms with E-state index in [2.05, 4.69) is 19.7 Å². The summed E-state index contributed by atoms with van der Waals surface area (Å²) in [4.78, 5) is 16.5. The molecule has 1 aromatic rings. The highest BCUT2D eigenvalue weighted by atomic mass is 16.3. The van der Waals surface area contributed by atoms with Gasteiger partial charge in [-0.15, -0.1) is 0 Å². The van der Waals surface area contributed by atoms with Crippen LogP contribution < -0.4 is 9.80 Å². The molecule has 132 valence electrons. The molecular weight excluding hydrogens is 302 g/mol. The van der Waals surface area contributed by atoms with Crippen LogP contribution in [-0.4, -0.2) is 71.4 Å². The first-order valence-corrected chi connectivity index (χ1v) is 9.54. The monoisotopic (exact) mass is 331 g/mol. The van der Waals surface area contributed by atoms with Gasteiger partial charge in [0, 0.05) is 38.4 Å². The van der Waals surface area contributed by atoms with Gasteiger partial charge < -0.3 is 19.8 Å². The Labute approximate surface area is 144 Å². The van der Waals surface area contributed by atoms with E-state index in [9.17, 15) is 5.11 Å². The van der Waals surface area contributed by atoms with Gasteiger partial charge in [0.1, 0.15) is 5.82 Å². The van der Waals surface area contributed by atoms with Gasteiger partial charge in [0.25, 0.3) is 0 Å². The highest BCUT2D eigenvalue weighted by molar-refractivity contribution is 5.45. The predicted molar refractivity (Wildman–Crippen MR) is 95.5 cm³/mol. The molecule has 1 atom stereocenters. The van der Waals surface area contributed by atoms with Gasteiger partial charge in [0.05, 0.1) is 6.10 Å². The molecule has 1 unspecified atom stereocenters. The Balaban J connectivity index is 1.37. The Morgan fingerprint density at radius 1 is 0.917 bits per heavy atom. The lowest BCUT2D eigenvalue weighted by Gasteiger charge is -2.40. The topological polar surface area (TPSA) is 55.7 Å². The molecule has 4 rings (SSSR count). The quantitative estimate of drug-likeness (QED) is 0.906. The summed E-state index contributed by atoms with van der Waals surface area (Å²) in [6, 6.07) is 2.71. The lowest BCUT2D eigenvalue weighted by Crippen LogP contribution is -2.47. The Hall–Kier alpha value is -1.40. The highest BCUT2D eigenvalue weighted by Crippen LogP contribution is 2.25. The average Bonchev–Trinajstić information content (AvgIpc) is 3.09. The molecule has 3 saturated heterocycles. The summed E-state index contributed by atoms with van der Waals surface area (Å²) < 4.78 is 0. The molecule has 6 heteroatoms. The Kier molecular flexibility index (Phi) is 4.85. The number of aromatic nitrogens is 2. The number of hydrogen-bond acceptors (Lipinski definition) is 6. The third-order valence-corrected chi connectivity index (χ3v) is 5.77. The predicted octanol–water partition coefficient (Wildman–Crippen LogP) is 1.50. The van der Waals surface area contributed by atoms with Crippen LogP contribution in [0.25, 0.3) is 0 Å². The van der Waals surface area contributed by atoms with Crippen molar-refractivity contribution >= 4 is 11.8 Å². The van der Waals surface area contributed by atoms with Crippen molar-refractivity contribution in [1.82, 2.24) is 14.9 Å². The van der Waals surface area contributed by atoms with Crippen molar-refractivity contribution in [2.75, 3.05) is 49.1 Å². The standard InChI is InChI=1S/C18H29N5O/c24-16-7-13-23(14-16)17-4-8-19-18(20-17)22-11-5-15(6-12-22)21-9-2-1-3-10-21/h4,8,15-16,24H,1-3,5-7,9-14H2. The zero-order chi connectivity index (χ0) is 16.4. The van der Waals surface area contributed by atoms with E-state index in [1.807, 2.05) is 12.3 Å². The summed E-state index contributed by atoms with van der Waals surface area (Å²) in [6.45, 7) is 6.24. The molecule has 3 aliphatic rings. The summed E-state index contributed by atoms with van der Waals surface area (Å²) in [5, 5.41) is 9.73. The smallest absolute Gasteiger partial charge is 0.227 e. The lowest BCUT2D eigenvalue weighted by atomic mass is 10.0. The first kappa shape index (κ1) is 16.1. The minimum Gasteiger partial charge on any atom is -0.391 e. The molecule has 0 aliphatic carbocycles. The van der Waals surface area contributed by atoms with Crippen LogP contribution >= 0.6 is 0 Å². The van der Waals surface area contributed by atoms with Crippen molar-refractivity contribution in [3.05, 3.63) is 12.3 Å². The minimum atomic E-state index is -0.219. The summed E-state index contributed by atoms with van der Waals surface area (Å²) >= 11 is 0. The second kappa shape index (κ2) is 7.23. The molecular formula is C18H29N5O. The highest BCUT2D eigenvalue weighted by Gasteiger charge is 2.27. The van der Waals surface area contributed by atoms with Crippen LogP contribution in [0, 0.1) is 0 Å². The number of nitrogens with zero attached hydrogens (tertiary/aromatic N) is 5. The molecule has 0 amide bonds. The number of aliphatic hydroxyl groups is 1. The Bertz CT molecular complexity index is 540. The fourth-order valence-electron chi connectivity index (χ4n) is 4.33. The maximum absolute atomic E-state index is 9.73. The van der Waals surface area contributed by atoms with Crippen LogP contribution in [0.1, 0.15) is 38.5 Å².